The summed E-state index contributed by atoms with van der Waals surface area (Å²) in [5.41, 5.74) is 0.867. The van der Waals surface area contributed by atoms with Gasteiger partial charge in [-0.25, -0.2) is 4.79 Å². The number of urea groups is 1. The van der Waals surface area contributed by atoms with Crippen molar-refractivity contribution >= 4 is 12.0 Å². The van der Waals surface area contributed by atoms with E-state index in [0.29, 0.717) is 12.3 Å². The molecule has 0 fully saturated rings. The summed E-state index contributed by atoms with van der Waals surface area (Å²) in [5, 5.41) is 11.4. The van der Waals surface area contributed by atoms with E-state index in [1.54, 1.807) is 19.2 Å². The fourth-order valence-electron chi connectivity index (χ4n) is 1.61. The van der Waals surface area contributed by atoms with Gasteiger partial charge in [0.25, 0.3) is 0 Å². The Balaban J connectivity index is 2.59. The molecular formula is C14H18N2O4. The van der Waals surface area contributed by atoms with Gasteiger partial charge in [-0.2, -0.15) is 0 Å². The second-order valence-corrected chi connectivity index (χ2v) is 4.07. The fraction of sp³-hybridized carbons (Fsp3) is 0.286. The smallest absolute Gasteiger partial charge is 0.323 e. The maximum atomic E-state index is 11.9. The highest BCUT2D eigenvalue weighted by Gasteiger charge is 2.14. The van der Waals surface area contributed by atoms with Crippen LogP contribution in [0.4, 0.5) is 4.79 Å². The molecule has 0 spiro atoms. The Labute approximate surface area is 117 Å². The zero-order chi connectivity index (χ0) is 15.0. The highest BCUT2D eigenvalue weighted by atomic mass is 16.5. The Bertz CT molecular complexity index is 488. The molecule has 0 heterocycles. The van der Waals surface area contributed by atoms with E-state index in [9.17, 15) is 9.59 Å². The summed E-state index contributed by atoms with van der Waals surface area (Å²) in [6, 6.07) is 6.82. The number of methoxy groups -OCH3 is 1. The zero-order valence-corrected chi connectivity index (χ0v) is 11.3. The van der Waals surface area contributed by atoms with Crippen LogP contribution in [0.3, 0.4) is 0 Å². The van der Waals surface area contributed by atoms with Crippen molar-refractivity contribution in [3.63, 3.8) is 0 Å². The number of amides is 2. The largest absolute Gasteiger partial charge is 0.497 e. The summed E-state index contributed by atoms with van der Waals surface area (Å²) in [4.78, 5) is 23.7. The van der Waals surface area contributed by atoms with Crippen LogP contribution in [0.15, 0.2) is 36.9 Å². The third kappa shape index (κ3) is 5.01. The average Bonchev–Trinajstić information content (AvgIpc) is 2.44. The molecule has 6 heteroatoms. The van der Waals surface area contributed by atoms with Crippen molar-refractivity contribution in [3.05, 3.63) is 42.5 Å². The summed E-state index contributed by atoms with van der Waals surface area (Å²) in [6.45, 7) is 3.61. The molecule has 1 aromatic rings. The van der Waals surface area contributed by atoms with Gasteiger partial charge >= 0.3 is 12.0 Å². The molecule has 0 unspecified atom stereocenters. The lowest BCUT2D eigenvalue weighted by atomic mass is 10.2. The normalized spacial score (nSPS) is 9.65. The highest BCUT2D eigenvalue weighted by molar-refractivity contribution is 5.80. The minimum atomic E-state index is -1.07. The van der Waals surface area contributed by atoms with Crippen LogP contribution < -0.4 is 10.1 Å². The number of nitrogens with one attached hydrogen (secondary N) is 1. The van der Waals surface area contributed by atoms with Crippen molar-refractivity contribution in [1.29, 1.82) is 0 Å². The van der Waals surface area contributed by atoms with Gasteiger partial charge in [0.2, 0.25) is 0 Å². The van der Waals surface area contributed by atoms with Crippen LogP contribution in [0.25, 0.3) is 0 Å². The number of carbonyl (C=O) groups excluding carboxylic acids is 1. The summed E-state index contributed by atoms with van der Waals surface area (Å²) in [5.74, 6) is -0.367. The number of carboxylic acids is 1. The number of benzene rings is 1. The molecule has 0 aliphatic rings. The molecular weight excluding hydrogens is 260 g/mol. The second kappa shape index (κ2) is 7.83. The monoisotopic (exact) mass is 278 g/mol. The van der Waals surface area contributed by atoms with Gasteiger partial charge in [-0.15, -0.1) is 6.58 Å². The van der Waals surface area contributed by atoms with Crippen LogP contribution in [-0.2, 0) is 11.3 Å². The lowest BCUT2D eigenvalue weighted by Crippen LogP contribution is -2.42. The number of hydrogen-bond acceptors (Lipinski definition) is 3. The minimum Gasteiger partial charge on any atom is -0.497 e. The lowest BCUT2D eigenvalue weighted by molar-refractivity contribution is -0.137. The maximum absolute atomic E-state index is 11.9. The van der Waals surface area contributed by atoms with Crippen molar-refractivity contribution in [2.45, 2.75) is 6.54 Å². The maximum Gasteiger partial charge on any atom is 0.323 e. The second-order valence-electron chi connectivity index (χ2n) is 4.07. The van der Waals surface area contributed by atoms with Gasteiger partial charge < -0.3 is 20.1 Å². The first-order valence-corrected chi connectivity index (χ1v) is 6.05. The predicted molar refractivity (Wildman–Crippen MR) is 74.6 cm³/mol. The lowest BCUT2D eigenvalue weighted by Gasteiger charge is -2.19. The molecule has 1 rings (SSSR count). The highest BCUT2D eigenvalue weighted by Crippen LogP contribution is 2.12. The van der Waals surface area contributed by atoms with Crippen LogP contribution in [0.1, 0.15) is 5.56 Å². The van der Waals surface area contributed by atoms with Gasteiger partial charge in [0.15, 0.2) is 0 Å². The van der Waals surface area contributed by atoms with Crippen molar-refractivity contribution < 1.29 is 19.4 Å². The van der Waals surface area contributed by atoms with Gasteiger partial charge in [0, 0.05) is 13.1 Å². The number of carbonyl (C=O) groups is 2. The molecule has 2 amide bonds. The number of hydrogen-bond donors (Lipinski definition) is 2. The van der Waals surface area contributed by atoms with Crippen molar-refractivity contribution in [2.75, 3.05) is 20.2 Å². The number of rotatable bonds is 7. The summed E-state index contributed by atoms with van der Waals surface area (Å²) in [7, 11) is 1.57. The fourth-order valence-corrected chi connectivity index (χ4v) is 1.61. The number of aliphatic carboxylic acids is 1. The first kappa shape index (κ1) is 15.6. The number of ether oxygens (including phenoxy) is 1. The average molecular weight is 278 g/mol. The third-order valence-electron chi connectivity index (χ3n) is 2.54. The van der Waals surface area contributed by atoms with Crippen LogP contribution in [0.5, 0.6) is 5.75 Å². The topological polar surface area (TPSA) is 78.9 Å². The Morgan fingerprint density at radius 1 is 1.50 bits per heavy atom. The Morgan fingerprint density at radius 2 is 2.25 bits per heavy atom. The molecule has 0 bridgehead atoms. The van der Waals surface area contributed by atoms with Gasteiger partial charge in [-0.3, -0.25) is 4.79 Å². The van der Waals surface area contributed by atoms with Gasteiger partial charge in [0.1, 0.15) is 12.3 Å². The Kier molecular flexibility index (Phi) is 6.09. The molecule has 0 saturated heterocycles. The molecule has 108 valence electrons. The van der Waals surface area contributed by atoms with Crippen LogP contribution >= 0.6 is 0 Å². The first-order chi connectivity index (χ1) is 9.56. The van der Waals surface area contributed by atoms with Crippen molar-refractivity contribution in [2.24, 2.45) is 0 Å². The molecule has 6 nitrogen and oxygen atoms in total. The van der Waals surface area contributed by atoms with Crippen LogP contribution in [-0.4, -0.2) is 42.2 Å². The van der Waals surface area contributed by atoms with E-state index in [-0.39, 0.29) is 13.1 Å². The molecule has 0 aliphatic carbocycles. The molecule has 20 heavy (non-hydrogen) atoms. The Hall–Kier alpha value is -2.50. The quantitative estimate of drug-likeness (QED) is 0.740. The molecule has 2 N–H and O–H groups in total. The summed E-state index contributed by atoms with van der Waals surface area (Å²) < 4.78 is 5.09. The molecule has 0 radical (unpaired) electrons. The van der Waals surface area contributed by atoms with Gasteiger partial charge in [0.05, 0.1) is 7.11 Å². The van der Waals surface area contributed by atoms with Crippen LogP contribution in [0, 0.1) is 0 Å². The van der Waals surface area contributed by atoms with E-state index >= 15 is 0 Å². The third-order valence-corrected chi connectivity index (χ3v) is 2.54. The standard InChI is InChI=1S/C14H18N2O4/c1-3-7-16(10-13(17)18)14(19)15-9-11-5-4-6-12(8-11)20-2/h3-6,8H,1,7,9-10H2,2H3,(H,15,19)(H,17,18). The van der Waals surface area contributed by atoms with E-state index in [1.807, 2.05) is 12.1 Å². The van der Waals surface area contributed by atoms with E-state index in [0.717, 1.165) is 10.5 Å². The first-order valence-electron chi connectivity index (χ1n) is 6.05. The predicted octanol–water partition coefficient (Wildman–Crippen LogP) is 1.48. The summed E-state index contributed by atoms with van der Waals surface area (Å²) >= 11 is 0. The van der Waals surface area contributed by atoms with Gasteiger partial charge in [-0.05, 0) is 17.7 Å². The number of carboxylic acid groups (broad SMARTS) is 1. The van der Waals surface area contributed by atoms with Gasteiger partial charge in [-0.1, -0.05) is 18.2 Å². The van der Waals surface area contributed by atoms with E-state index in [2.05, 4.69) is 11.9 Å². The summed E-state index contributed by atoms with van der Waals surface area (Å²) in [6.07, 6.45) is 1.48. The number of nitrogens with zero attached hydrogens (tertiary/aromatic N) is 1. The van der Waals surface area contributed by atoms with E-state index in [4.69, 9.17) is 9.84 Å². The van der Waals surface area contributed by atoms with E-state index in [1.165, 1.54) is 6.08 Å². The van der Waals surface area contributed by atoms with Crippen molar-refractivity contribution in [3.8, 4) is 5.75 Å². The Morgan fingerprint density at radius 3 is 2.85 bits per heavy atom. The molecule has 0 aliphatic heterocycles. The molecule has 0 atom stereocenters. The molecule has 1 aromatic carbocycles. The van der Waals surface area contributed by atoms with Crippen LogP contribution in [0.2, 0.25) is 0 Å². The molecule has 0 saturated carbocycles. The van der Waals surface area contributed by atoms with Crippen molar-refractivity contribution in [1.82, 2.24) is 10.2 Å². The van der Waals surface area contributed by atoms with E-state index < -0.39 is 12.0 Å². The zero-order valence-electron chi connectivity index (χ0n) is 11.3. The molecule has 0 aromatic heterocycles. The SMILES string of the molecule is C=CCN(CC(=O)O)C(=O)NCc1cccc(OC)c1. The minimum absolute atomic E-state index is 0.177.